The SMILES string of the molecule is CSC(C)(C)CNc1ccc(N)cc1S(N)(=O)=O. The lowest BCUT2D eigenvalue weighted by Crippen LogP contribution is -2.27. The summed E-state index contributed by atoms with van der Waals surface area (Å²) in [7, 11) is -3.78. The third kappa shape index (κ3) is 4.08. The van der Waals surface area contributed by atoms with Crippen LogP contribution in [0.5, 0.6) is 0 Å². The van der Waals surface area contributed by atoms with Crippen molar-refractivity contribution in [2.45, 2.75) is 23.5 Å². The molecule has 0 atom stereocenters. The fourth-order valence-corrected chi connectivity index (χ4v) is 2.26. The number of nitrogens with one attached hydrogen (secondary N) is 1. The largest absolute Gasteiger partial charge is 0.399 e. The Morgan fingerprint density at radius 1 is 1.39 bits per heavy atom. The fraction of sp³-hybridized carbons (Fsp3) is 0.455. The molecule has 5 nitrogen and oxygen atoms in total. The van der Waals surface area contributed by atoms with Gasteiger partial charge in [0.25, 0.3) is 0 Å². The second kappa shape index (κ2) is 5.38. The van der Waals surface area contributed by atoms with Gasteiger partial charge in [-0.15, -0.1) is 0 Å². The molecule has 0 aromatic heterocycles. The highest BCUT2D eigenvalue weighted by atomic mass is 32.2. The Balaban J connectivity index is 3.03. The molecule has 1 aromatic rings. The lowest BCUT2D eigenvalue weighted by molar-refractivity contribution is 0.598. The topological polar surface area (TPSA) is 98.2 Å². The molecule has 1 aromatic carbocycles. The van der Waals surface area contributed by atoms with Crippen LogP contribution >= 0.6 is 11.8 Å². The first-order valence-electron chi connectivity index (χ1n) is 5.37. The molecule has 0 unspecified atom stereocenters. The molecule has 0 saturated carbocycles. The van der Waals surface area contributed by atoms with Gasteiger partial charge in [0.15, 0.2) is 0 Å². The fourth-order valence-electron chi connectivity index (χ4n) is 1.30. The summed E-state index contributed by atoms with van der Waals surface area (Å²) in [5, 5.41) is 8.27. The normalized spacial score (nSPS) is 12.4. The predicted molar refractivity (Wildman–Crippen MR) is 78.3 cm³/mol. The van der Waals surface area contributed by atoms with Gasteiger partial charge in [-0.2, -0.15) is 11.8 Å². The molecule has 0 aliphatic heterocycles. The average Bonchev–Trinajstić information content (AvgIpc) is 2.26. The maximum atomic E-state index is 11.5. The van der Waals surface area contributed by atoms with Crippen LogP contribution < -0.4 is 16.2 Å². The summed E-state index contributed by atoms with van der Waals surface area (Å²) in [4.78, 5) is 0.0272. The number of hydrogen-bond donors (Lipinski definition) is 3. The number of anilines is 2. The number of sulfonamides is 1. The summed E-state index contributed by atoms with van der Waals surface area (Å²) in [6.07, 6.45) is 2.01. The van der Waals surface area contributed by atoms with Crippen LogP contribution in [0.15, 0.2) is 23.1 Å². The van der Waals surface area contributed by atoms with Gasteiger partial charge in [-0.05, 0) is 38.3 Å². The molecule has 0 fully saturated rings. The molecule has 0 heterocycles. The Morgan fingerprint density at radius 3 is 2.50 bits per heavy atom. The van der Waals surface area contributed by atoms with Crippen molar-refractivity contribution < 1.29 is 8.42 Å². The third-order valence-corrected chi connectivity index (χ3v) is 4.77. The van der Waals surface area contributed by atoms with Crippen molar-refractivity contribution in [3.8, 4) is 0 Å². The first-order chi connectivity index (χ1) is 8.15. The minimum Gasteiger partial charge on any atom is -0.399 e. The summed E-state index contributed by atoms with van der Waals surface area (Å²) < 4.78 is 23.0. The van der Waals surface area contributed by atoms with Crippen LogP contribution in [0.1, 0.15) is 13.8 Å². The molecule has 0 spiro atoms. The van der Waals surface area contributed by atoms with Gasteiger partial charge in [-0.1, -0.05) is 0 Å². The second-order valence-electron chi connectivity index (χ2n) is 4.62. The van der Waals surface area contributed by atoms with Crippen molar-refractivity contribution in [2.24, 2.45) is 5.14 Å². The average molecular weight is 289 g/mol. The van der Waals surface area contributed by atoms with Crippen molar-refractivity contribution >= 4 is 33.2 Å². The van der Waals surface area contributed by atoms with Gasteiger partial charge >= 0.3 is 0 Å². The lowest BCUT2D eigenvalue weighted by Gasteiger charge is -2.23. The van der Waals surface area contributed by atoms with Crippen molar-refractivity contribution in [1.29, 1.82) is 0 Å². The van der Waals surface area contributed by atoms with E-state index in [1.54, 1.807) is 23.9 Å². The number of nitrogen functional groups attached to an aromatic ring is 1. The first kappa shape index (κ1) is 15.1. The van der Waals surface area contributed by atoms with E-state index in [1.165, 1.54) is 6.07 Å². The monoisotopic (exact) mass is 289 g/mol. The van der Waals surface area contributed by atoms with Crippen molar-refractivity contribution in [2.75, 3.05) is 23.9 Å². The molecule has 102 valence electrons. The third-order valence-electron chi connectivity index (χ3n) is 2.57. The first-order valence-corrected chi connectivity index (χ1v) is 8.14. The summed E-state index contributed by atoms with van der Waals surface area (Å²) >= 11 is 1.69. The number of primary sulfonamides is 1. The Kier molecular flexibility index (Phi) is 4.52. The highest BCUT2D eigenvalue weighted by Gasteiger charge is 2.19. The summed E-state index contributed by atoms with van der Waals surface area (Å²) in [5.74, 6) is 0. The van der Waals surface area contributed by atoms with E-state index in [2.05, 4.69) is 19.2 Å². The maximum absolute atomic E-state index is 11.5. The Bertz CT molecular complexity index is 527. The Hall–Kier alpha value is -0.920. The second-order valence-corrected chi connectivity index (χ2v) is 7.66. The molecular formula is C11H19N3O2S2. The summed E-state index contributed by atoms with van der Waals surface area (Å²) in [6.45, 7) is 4.76. The van der Waals surface area contributed by atoms with Gasteiger partial charge in [0.05, 0.1) is 5.69 Å². The molecule has 0 radical (unpaired) electrons. The molecule has 0 saturated heterocycles. The van der Waals surface area contributed by atoms with Crippen molar-refractivity contribution in [1.82, 2.24) is 0 Å². The number of benzene rings is 1. The highest BCUT2D eigenvalue weighted by Crippen LogP contribution is 2.26. The van der Waals surface area contributed by atoms with E-state index in [4.69, 9.17) is 10.9 Å². The number of rotatable bonds is 5. The molecular weight excluding hydrogens is 270 g/mol. The van der Waals surface area contributed by atoms with E-state index >= 15 is 0 Å². The zero-order valence-electron chi connectivity index (χ0n) is 10.7. The van der Waals surface area contributed by atoms with Crippen molar-refractivity contribution in [3.63, 3.8) is 0 Å². The minimum atomic E-state index is -3.78. The predicted octanol–water partition coefficient (Wildman–Crippen LogP) is 1.47. The van der Waals surface area contributed by atoms with Gasteiger partial charge in [0, 0.05) is 17.0 Å². The summed E-state index contributed by atoms with van der Waals surface area (Å²) in [5.41, 5.74) is 6.43. The van der Waals surface area contributed by atoms with Crippen LogP contribution in [0.3, 0.4) is 0 Å². The van der Waals surface area contributed by atoms with Crippen LogP contribution in [0, 0.1) is 0 Å². The standard InChI is InChI=1S/C11H19N3O2S2/c1-11(2,17-3)7-14-9-5-4-8(12)6-10(9)18(13,15)16/h4-6,14H,7,12H2,1-3H3,(H2,13,15,16). The zero-order chi connectivity index (χ0) is 14.0. The van der Waals surface area contributed by atoms with Gasteiger partial charge in [0.2, 0.25) is 10.0 Å². The van der Waals surface area contributed by atoms with Crippen LogP contribution in [0.25, 0.3) is 0 Å². The highest BCUT2D eigenvalue weighted by molar-refractivity contribution is 7.99. The molecule has 0 aliphatic rings. The van der Waals surface area contributed by atoms with Crippen LogP contribution in [0.2, 0.25) is 0 Å². The van der Waals surface area contributed by atoms with Gasteiger partial charge < -0.3 is 11.1 Å². The van der Waals surface area contributed by atoms with Crippen molar-refractivity contribution in [3.05, 3.63) is 18.2 Å². The van der Waals surface area contributed by atoms with Crippen LogP contribution in [0.4, 0.5) is 11.4 Å². The van der Waals surface area contributed by atoms with E-state index in [-0.39, 0.29) is 9.64 Å². The molecule has 5 N–H and O–H groups in total. The molecule has 1 rings (SSSR count). The van der Waals surface area contributed by atoms with E-state index in [9.17, 15) is 8.42 Å². The minimum absolute atomic E-state index is 0.00296. The Morgan fingerprint density at radius 2 is 2.00 bits per heavy atom. The quantitative estimate of drug-likeness (QED) is 0.713. The van der Waals surface area contributed by atoms with E-state index in [0.717, 1.165) is 0 Å². The van der Waals surface area contributed by atoms with E-state index < -0.39 is 10.0 Å². The molecule has 18 heavy (non-hydrogen) atoms. The molecule has 7 heteroatoms. The van der Waals surface area contributed by atoms with E-state index in [0.29, 0.717) is 17.9 Å². The smallest absolute Gasteiger partial charge is 0.240 e. The lowest BCUT2D eigenvalue weighted by atomic mass is 10.2. The van der Waals surface area contributed by atoms with E-state index in [1.807, 2.05) is 6.26 Å². The maximum Gasteiger partial charge on any atom is 0.240 e. The Labute approximate surface area is 112 Å². The summed E-state index contributed by atoms with van der Waals surface area (Å²) in [6, 6.07) is 4.64. The molecule has 0 bridgehead atoms. The van der Waals surface area contributed by atoms with Gasteiger partial charge in [-0.3, -0.25) is 0 Å². The van der Waals surface area contributed by atoms with Gasteiger partial charge in [0.1, 0.15) is 4.90 Å². The molecule has 0 amide bonds. The van der Waals surface area contributed by atoms with Crippen LogP contribution in [-0.2, 0) is 10.0 Å². The number of hydrogen-bond acceptors (Lipinski definition) is 5. The zero-order valence-corrected chi connectivity index (χ0v) is 12.4. The number of nitrogens with two attached hydrogens (primary N) is 2. The van der Waals surface area contributed by atoms with Gasteiger partial charge in [-0.25, -0.2) is 13.6 Å². The molecule has 0 aliphatic carbocycles. The van der Waals surface area contributed by atoms with Crippen LogP contribution in [-0.4, -0.2) is 26.0 Å². The number of thioether (sulfide) groups is 1.